The Hall–Kier alpha value is -2.77. The van der Waals surface area contributed by atoms with Crippen molar-refractivity contribution in [2.24, 2.45) is 0 Å². The zero-order chi connectivity index (χ0) is 15.6. The summed E-state index contributed by atoms with van der Waals surface area (Å²) in [7, 11) is 0. The van der Waals surface area contributed by atoms with Crippen LogP contribution < -0.4 is 5.32 Å². The summed E-state index contributed by atoms with van der Waals surface area (Å²) in [6.45, 7) is 4.72. The van der Waals surface area contributed by atoms with Crippen molar-refractivity contribution in [3.63, 3.8) is 0 Å². The molecule has 0 radical (unpaired) electrons. The lowest BCUT2D eigenvalue weighted by Crippen LogP contribution is -2.35. The van der Waals surface area contributed by atoms with Crippen molar-refractivity contribution in [2.75, 3.05) is 5.32 Å². The maximum absolute atomic E-state index is 12.0. The van der Waals surface area contributed by atoms with Gasteiger partial charge in [-0.15, -0.1) is 0 Å². The number of nitrogens with one attached hydrogen (secondary N) is 1. The Balaban J connectivity index is 2.16. The van der Waals surface area contributed by atoms with Gasteiger partial charge in [0.2, 0.25) is 0 Å². The summed E-state index contributed by atoms with van der Waals surface area (Å²) in [5.41, 5.74) is -0.576. The number of anilines is 1. The van der Waals surface area contributed by atoms with E-state index in [1.165, 1.54) is 43.2 Å². The molecular formula is C13H15N5O3. The number of hydrogen-bond acceptors (Lipinski definition) is 5. The minimum Gasteiger partial charge on any atom is -0.479 e. The molecule has 8 heteroatoms. The highest BCUT2D eigenvalue weighted by atomic mass is 16.4. The molecule has 0 saturated carbocycles. The minimum absolute atomic E-state index is 0.229. The van der Waals surface area contributed by atoms with Gasteiger partial charge in [0.15, 0.2) is 5.54 Å². The maximum atomic E-state index is 12.0. The van der Waals surface area contributed by atoms with Crippen molar-refractivity contribution >= 4 is 17.6 Å². The van der Waals surface area contributed by atoms with Gasteiger partial charge in [-0.1, -0.05) is 0 Å². The van der Waals surface area contributed by atoms with E-state index in [-0.39, 0.29) is 5.69 Å². The highest BCUT2D eigenvalue weighted by Gasteiger charge is 2.30. The number of carboxylic acids is 1. The molecule has 21 heavy (non-hydrogen) atoms. The monoisotopic (exact) mass is 289 g/mol. The van der Waals surface area contributed by atoms with Gasteiger partial charge in [-0.2, -0.15) is 5.10 Å². The number of carbonyl (C=O) groups excluding carboxylic acids is 1. The number of nitrogens with zero attached hydrogens (tertiary/aromatic N) is 4. The fourth-order valence-electron chi connectivity index (χ4n) is 1.57. The molecule has 2 rings (SSSR count). The molecule has 2 aromatic rings. The molecule has 0 fully saturated rings. The molecule has 0 aliphatic heterocycles. The molecule has 110 valence electrons. The van der Waals surface area contributed by atoms with Crippen molar-refractivity contribution in [3.8, 4) is 0 Å². The lowest BCUT2D eigenvalue weighted by Gasteiger charge is -2.19. The van der Waals surface area contributed by atoms with Crippen LogP contribution in [-0.2, 0) is 10.3 Å². The van der Waals surface area contributed by atoms with E-state index in [4.69, 9.17) is 5.11 Å². The fraction of sp³-hybridized carbons (Fsp3) is 0.308. The second-order valence-corrected chi connectivity index (χ2v) is 4.98. The molecule has 0 aromatic carbocycles. The van der Waals surface area contributed by atoms with Crippen molar-refractivity contribution < 1.29 is 14.7 Å². The SMILES string of the molecule is Cc1nccc(C(=O)Nc2cnn(C(C)(C)C(=O)O)c2)n1. The molecule has 2 heterocycles. The Bertz CT molecular complexity index is 693. The lowest BCUT2D eigenvalue weighted by atomic mass is 10.1. The van der Waals surface area contributed by atoms with Gasteiger partial charge < -0.3 is 10.4 Å². The Morgan fingerprint density at radius 2 is 2.10 bits per heavy atom. The van der Waals surface area contributed by atoms with Crippen LogP contribution >= 0.6 is 0 Å². The van der Waals surface area contributed by atoms with Crippen LogP contribution in [0.3, 0.4) is 0 Å². The number of aliphatic carboxylic acids is 1. The first kappa shape index (κ1) is 14.6. The number of amides is 1. The van der Waals surface area contributed by atoms with Crippen molar-refractivity contribution in [1.82, 2.24) is 19.7 Å². The van der Waals surface area contributed by atoms with Gasteiger partial charge in [-0.05, 0) is 26.8 Å². The van der Waals surface area contributed by atoms with Crippen LogP contribution in [0, 0.1) is 6.92 Å². The van der Waals surface area contributed by atoms with Crippen LogP contribution in [0.25, 0.3) is 0 Å². The first-order valence-electron chi connectivity index (χ1n) is 6.20. The smallest absolute Gasteiger partial charge is 0.331 e. The number of aromatic nitrogens is 4. The van der Waals surface area contributed by atoms with E-state index in [1.54, 1.807) is 6.92 Å². The third kappa shape index (κ3) is 3.04. The maximum Gasteiger partial charge on any atom is 0.331 e. The topological polar surface area (TPSA) is 110 Å². The third-order valence-corrected chi connectivity index (χ3v) is 2.95. The van der Waals surface area contributed by atoms with Crippen LogP contribution in [0.5, 0.6) is 0 Å². The number of carbonyl (C=O) groups is 2. The Morgan fingerprint density at radius 3 is 2.71 bits per heavy atom. The van der Waals surface area contributed by atoms with Crippen LogP contribution in [-0.4, -0.2) is 36.7 Å². The number of aryl methyl sites for hydroxylation is 1. The van der Waals surface area contributed by atoms with Crippen molar-refractivity contribution in [1.29, 1.82) is 0 Å². The second kappa shape index (κ2) is 5.31. The largest absolute Gasteiger partial charge is 0.479 e. The van der Waals surface area contributed by atoms with E-state index < -0.39 is 17.4 Å². The Labute approximate surface area is 120 Å². The molecule has 8 nitrogen and oxygen atoms in total. The average molecular weight is 289 g/mol. The molecule has 0 saturated heterocycles. The van der Waals surface area contributed by atoms with Gasteiger partial charge in [0, 0.05) is 12.4 Å². The van der Waals surface area contributed by atoms with Crippen molar-refractivity contribution in [2.45, 2.75) is 26.3 Å². The first-order valence-corrected chi connectivity index (χ1v) is 6.20. The Kier molecular flexibility index (Phi) is 3.70. The van der Waals surface area contributed by atoms with E-state index in [1.807, 2.05) is 0 Å². The number of carboxylic acid groups (broad SMARTS) is 1. The first-order chi connectivity index (χ1) is 9.80. The minimum atomic E-state index is -1.20. The molecule has 0 aliphatic carbocycles. The highest BCUT2D eigenvalue weighted by Crippen LogP contribution is 2.17. The van der Waals surface area contributed by atoms with Crippen molar-refractivity contribution in [3.05, 3.63) is 36.2 Å². The normalized spacial score (nSPS) is 11.2. The summed E-state index contributed by atoms with van der Waals surface area (Å²) in [6.07, 6.45) is 4.34. The van der Waals surface area contributed by atoms with Gasteiger partial charge in [0.25, 0.3) is 5.91 Å². The predicted molar refractivity (Wildman–Crippen MR) is 73.9 cm³/mol. The Morgan fingerprint density at radius 1 is 1.38 bits per heavy atom. The summed E-state index contributed by atoms with van der Waals surface area (Å²) in [6, 6.07) is 1.49. The van der Waals surface area contributed by atoms with Crippen LogP contribution in [0.2, 0.25) is 0 Å². The van der Waals surface area contributed by atoms with Gasteiger partial charge in [0.1, 0.15) is 11.5 Å². The summed E-state index contributed by atoms with van der Waals surface area (Å²) < 4.78 is 1.27. The average Bonchev–Trinajstić information content (AvgIpc) is 2.87. The van der Waals surface area contributed by atoms with Crippen LogP contribution in [0.15, 0.2) is 24.7 Å². The molecule has 2 aromatic heterocycles. The second-order valence-electron chi connectivity index (χ2n) is 4.98. The molecule has 0 spiro atoms. The molecule has 0 aliphatic rings. The van der Waals surface area contributed by atoms with E-state index >= 15 is 0 Å². The zero-order valence-electron chi connectivity index (χ0n) is 11.9. The summed E-state index contributed by atoms with van der Waals surface area (Å²) in [5.74, 6) is -0.937. The van der Waals surface area contributed by atoms with Gasteiger partial charge in [-0.25, -0.2) is 14.8 Å². The van der Waals surface area contributed by atoms with E-state index in [9.17, 15) is 9.59 Å². The molecular weight excluding hydrogens is 274 g/mol. The molecule has 0 bridgehead atoms. The van der Waals surface area contributed by atoms with Gasteiger partial charge in [-0.3, -0.25) is 9.48 Å². The van der Waals surface area contributed by atoms with Crippen LogP contribution in [0.4, 0.5) is 5.69 Å². The molecule has 2 N–H and O–H groups in total. The molecule has 0 atom stereocenters. The number of hydrogen-bond donors (Lipinski definition) is 2. The van der Waals surface area contributed by atoms with E-state index in [0.29, 0.717) is 11.5 Å². The van der Waals surface area contributed by atoms with Crippen LogP contribution in [0.1, 0.15) is 30.2 Å². The zero-order valence-corrected chi connectivity index (χ0v) is 11.9. The molecule has 0 unspecified atom stereocenters. The summed E-state index contributed by atoms with van der Waals surface area (Å²) >= 11 is 0. The van der Waals surface area contributed by atoms with E-state index in [2.05, 4.69) is 20.4 Å². The third-order valence-electron chi connectivity index (χ3n) is 2.95. The van der Waals surface area contributed by atoms with Gasteiger partial charge >= 0.3 is 5.97 Å². The lowest BCUT2D eigenvalue weighted by molar-refractivity contribution is -0.146. The summed E-state index contributed by atoms with van der Waals surface area (Å²) in [5, 5.41) is 15.7. The predicted octanol–water partition coefficient (Wildman–Crippen LogP) is 1.05. The van der Waals surface area contributed by atoms with E-state index in [0.717, 1.165) is 0 Å². The summed E-state index contributed by atoms with van der Waals surface area (Å²) in [4.78, 5) is 31.1. The standard InChI is InChI=1S/C13H15N5O3/c1-8-14-5-4-10(16-8)11(19)17-9-6-15-18(7-9)13(2,3)12(20)21/h4-7H,1-3H3,(H,17,19)(H,20,21). The number of rotatable bonds is 4. The highest BCUT2D eigenvalue weighted by molar-refractivity contribution is 6.02. The molecule has 1 amide bonds. The fourth-order valence-corrected chi connectivity index (χ4v) is 1.57. The quantitative estimate of drug-likeness (QED) is 0.870. The van der Waals surface area contributed by atoms with Gasteiger partial charge in [0.05, 0.1) is 11.9 Å².